The number of carbonyl (C=O) groups excluding carboxylic acids is 1. The number of benzene rings is 1. The molecule has 2 heterocycles. The normalized spacial score (nSPS) is 11.0. The molecule has 0 radical (unpaired) electrons. The Labute approximate surface area is 146 Å². The fourth-order valence-corrected chi connectivity index (χ4v) is 2.77. The van der Waals surface area contributed by atoms with Gasteiger partial charge in [0.25, 0.3) is 0 Å². The summed E-state index contributed by atoms with van der Waals surface area (Å²) < 4.78 is 0. The van der Waals surface area contributed by atoms with Crippen LogP contribution >= 0.6 is 0 Å². The minimum Gasteiger partial charge on any atom is -0.328 e. The van der Waals surface area contributed by atoms with Crippen molar-refractivity contribution in [2.75, 3.05) is 5.32 Å². The van der Waals surface area contributed by atoms with Crippen LogP contribution in [0.3, 0.4) is 0 Å². The number of pyridine rings is 2. The highest BCUT2D eigenvalue weighted by atomic mass is 16.1. The Bertz CT molecular complexity index is 969. The summed E-state index contributed by atoms with van der Waals surface area (Å²) in [6.45, 7) is 6.05. The van der Waals surface area contributed by atoms with Gasteiger partial charge in [-0.1, -0.05) is 13.8 Å². The number of hydrogen-bond acceptors (Lipinski definition) is 3. The molecule has 0 bridgehead atoms. The van der Waals surface area contributed by atoms with Crippen LogP contribution in [-0.4, -0.2) is 15.9 Å². The summed E-state index contributed by atoms with van der Waals surface area (Å²) in [4.78, 5) is 30.5. The predicted molar refractivity (Wildman–Crippen MR) is 101 cm³/mol. The number of rotatable bonds is 4. The van der Waals surface area contributed by atoms with Crippen LogP contribution < -0.4 is 10.9 Å². The molecule has 0 aliphatic heterocycles. The van der Waals surface area contributed by atoms with E-state index in [-0.39, 0.29) is 11.5 Å². The summed E-state index contributed by atoms with van der Waals surface area (Å²) in [5.74, 6) is 0.341. The molecular weight excluding hydrogens is 314 g/mol. The molecule has 3 aromatic rings. The topological polar surface area (TPSA) is 74.8 Å². The second-order valence-corrected chi connectivity index (χ2v) is 6.64. The average molecular weight is 335 g/mol. The molecule has 5 nitrogen and oxygen atoms in total. The molecule has 0 saturated carbocycles. The van der Waals surface area contributed by atoms with Crippen LogP contribution in [0.4, 0.5) is 5.69 Å². The van der Waals surface area contributed by atoms with Crippen LogP contribution in [0.15, 0.2) is 47.4 Å². The van der Waals surface area contributed by atoms with E-state index < -0.39 is 0 Å². The van der Waals surface area contributed by atoms with Crippen molar-refractivity contribution in [3.63, 3.8) is 0 Å². The Morgan fingerprint density at radius 3 is 2.68 bits per heavy atom. The van der Waals surface area contributed by atoms with E-state index >= 15 is 0 Å². The molecule has 2 N–H and O–H groups in total. The minimum absolute atomic E-state index is 0.0184. The van der Waals surface area contributed by atoms with Gasteiger partial charge in [0.05, 0.1) is 11.2 Å². The molecular formula is C20H21N3O2. The first-order chi connectivity index (χ1) is 11.9. The van der Waals surface area contributed by atoms with Gasteiger partial charge in [-0.25, -0.2) is 4.98 Å². The van der Waals surface area contributed by atoms with Crippen molar-refractivity contribution >= 4 is 22.5 Å². The smallest absolute Gasteiger partial charge is 0.247 e. The summed E-state index contributed by atoms with van der Waals surface area (Å²) in [5.41, 5.74) is 4.22. The van der Waals surface area contributed by atoms with Crippen molar-refractivity contribution in [1.82, 2.24) is 9.97 Å². The fourth-order valence-electron chi connectivity index (χ4n) is 2.77. The number of aryl methyl sites for hydroxylation is 1. The van der Waals surface area contributed by atoms with Crippen molar-refractivity contribution in [2.24, 2.45) is 5.92 Å². The maximum absolute atomic E-state index is 12.0. The molecule has 0 fully saturated rings. The lowest BCUT2D eigenvalue weighted by Crippen LogP contribution is -2.13. The number of carbonyl (C=O) groups is 1. The summed E-state index contributed by atoms with van der Waals surface area (Å²) in [6.07, 6.45) is 2.16. The van der Waals surface area contributed by atoms with Crippen molar-refractivity contribution in [2.45, 2.75) is 27.2 Å². The molecule has 0 spiro atoms. The van der Waals surface area contributed by atoms with Crippen molar-refractivity contribution in [3.05, 3.63) is 58.5 Å². The summed E-state index contributed by atoms with van der Waals surface area (Å²) >= 11 is 0. The first kappa shape index (κ1) is 16.9. The van der Waals surface area contributed by atoms with E-state index in [9.17, 15) is 9.59 Å². The number of nitrogens with one attached hydrogen (secondary N) is 2. The molecule has 1 amide bonds. The molecule has 0 unspecified atom stereocenters. The molecule has 1 aromatic carbocycles. The van der Waals surface area contributed by atoms with Crippen LogP contribution in [0.1, 0.15) is 25.8 Å². The van der Waals surface area contributed by atoms with Crippen molar-refractivity contribution in [1.29, 1.82) is 0 Å². The lowest BCUT2D eigenvalue weighted by Gasteiger charge is -2.10. The summed E-state index contributed by atoms with van der Waals surface area (Å²) in [5, 5.41) is 3.93. The third kappa shape index (κ3) is 3.94. The number of anilines is 1. The van der Waals surface area contributed by atoms with E-state index in [2.05, 4.69) is 15.3 Å². The number of aromatic nitrogens is 2. The highest BCUT2D eigenvalue weighted by Gasteiger charge is 2.09. The zero-order valence-electron chi connectivity index (χ0n) is 14.6. The van der Waals surface area contributed by atoms with E-state index in [1.165, 1.54) is 6.07 Å². The lowest BCUT2D eigenvalue weighted by molar-refractivity contribution is -0.116. The SMILES string of the molecule is Cc1cc(-c2ccc(=O)[nH]c2)nc2ccc(NC(=O)CC(C)C)cc12. The second kappa shape index (κ2) is 6.89. The van der Waals surface area contributed by atoms with Crippen LogP contribution in [0, 0.1) is 12.8 Å². The maximum Gasteiger partial charge on any atom is 0.247 e. The third-order valence-electron chi connectivity index (χ3n) is 3.97. The number of fused-ring (bicyclic) bond motifs is 1. The first-order valence-electron chi connectivity index (χ1n) is 8.33. The van der Waals surface area contributed by atoms with E-state index in [1.807, 2.05) is 45.0 Å². The number of H-pyrrole nitrogens is 1. The van der Waals surface area contributed by atoms with Gasteiger partial charge in [0.2, 0.25) is 11.5 Å². The Kier molecular flexibility index (Phi) is 4.65. The molecule has 25 heavy (non-hydrogen) atoms. The molecule has 3 rings (SSSR count). The van der Waals surface area contributed by atoms with E-state index in [0.717, 1.165) is 33.4 Å². The van der Waals surface area contributed by atoms with Crippen LogP contribution in [0.5, 0.6) is 0 Å². The molecule has 0 aliphatic carbocycles. The molecule has 2 aromatic heterocycles. The Balaban J connectivity index is 1.95. The quantitative estimate of drug-likeness (QED) is 0.760. The van der Waals surface area contributed by atoms with Gasteiger partial charge in [0.1, 0.15) is 0 Å². The summed E-state index contributed by atoms with van der Waals surface area (Å²) in [6, 6.07) is 10.9. The standard InChI is InChI=1S/C20H21N3O2/c1-12(2)8-20(25)22-15-5-6-17-16(10-15)13(3)9-18(23-17)14-4-7-19(24)21-11-14/h4-7,9-12H,8H2,1-3H3,(H,21,24)(H,22,25). The zero-order chi connectivity index (χ0) is 18.0. The average Bonchev–Trinajstić information content (AvgIpc) is 2.55. The van der Waals surface area contributed by atoms with Gasteiger partial charge in [-0.2, -0.15) is 0 Å². The lowest BCUT2D eigenvalue weighted by atomic mass is 10.1. The fraction of sp³-hybridized carbons (Fsp3) is 0.250. The predicted octanol–water partition coefficient (Wildman–Crippen LogP) is 3.88. The van der Waals surface area contributed by atoms with E-state index in [0.29, 0.717) is 12.3 Å². The zero-order valence-corrected chi connectivity index (χ0v) is 14.6. The number of amides is 1. The number of aromatic amines is 1. The van der Waals surface area contributed by atoms with E-state index in [1.54, 1.807) is 12.3 Å². The maximum atomic E-state index is 12.0. The first-order valence-corrected chi connectivity index (χ1v) is 8.33. The highest BCUT2D eigenvalue weighted by Crippen LogP contribution is 2.26. The second-order valence-electron chi connectivity index (χ2n) is 6.64. The van der Waals surface area contributed by atoms with Crippen LogP contribution in [0.25, 0.3) is 22.2 Å². The Morgan fingerprint density at radius 2 is 2.00 bits per heavy atom. The highest BCUT2D eigenvalue weighted by molar-refractivity contribution is 5.95. The van der Waals surface area contributed by atoms with Gasteiger partial charge in [-0.3, -0.25) is 9.59 Å². The minimum atomic E-state index is -0.136. The largest absolute Gasteiger partial charge is 0.328 e. The summed E-state index contributed by atoms with van der Waals surface area (Å²) in [7, 11) is 0. The monoisotopic (exact) mass is 335 g/mol. The van der Waals surface area contributed by atoms with Gasteiger partial charge in [-0.05, 0) is 48.7 Å². The Hall–Kier alpha value is -2.95. The Morgan fingerprint density at radius 1 is 1.20 bits per heavy atom. The third-order valence-corrected chi connectivity index (χ3v) is 3.97. The van der Waals surface area contributed by atoms with E-state index in [4.69, 9.17) is 0 Å². The van der Waals surface area contributed by atoms with Gasteiger partial charge in [0.15, 0.2) is 0 Å². The molecule has 5 heteroatoms. The van der Waals surface area contributed by atoms with Crippen molar-refractivity contribution < 1.29 is 4.79 Å². The number of hydrogen-bond donors (Lipinski definition) is 2. The number of nitrogens with zero attached hydrogens (tertiary/aromatic N) is 1. The van der Waals surface area contributed by atoms with Crippen LogP contribution in [-0.2, 0) is 4.79 Å². The molecule has 0 atom stereocenters. The van der Waals surface area contributed by atoms with Gasteiger partial charge in [-0.15, -0.1) is 0 Å². The van der Waals surface area contributed by atoms with Crippen molar-refractivity contribution in [3.8, 4) is 11.3 Å². The van der Waals surface area contributed by atoms with Gasteiger partial charge in [0, 0.05) is 35.3 Å². The molecule has 128 valence electrons. The van der Waals surface area contributed by atoms with Crippen LogP contribution in [0.2, 0.25) is 0 Å². The molecule has 0 aliphatic rings. The van der Waals surface area contributed by atoms with Gasteiger partial charge < -0.3 is 10.3 Å². The molecule has 0 saturated heterocycles. The van der Waals surface area contributed by atoms with Gasteiger partial charge >= 0.3 is 0 Å².